The van der Waals surface area contributed by atoms with E-state index in [4.69, 9.17) is 0 Å². The first kappa shape index (κ1) is 13.4. The van der Waals surface area contributed by atoms with Crippen LogP contribution in [0.25, 0.3) is 0 Å². The van der Waals surface area contributed by atoms with Gasteiger partial charge in [0.05, 0.1) is 0 Å². The zero-order valence-corrected chi connectivity index (χ0v) is 11.6. The third kappa shape index (κ3) is 4.02. The fourth-order valence-electron chi connectivity index (χ4n) is 2.61. The Bertz CT molecular complexity index is 343. The molecule has 1 fully saturated rings. The van der Waals surface area contributed by atoms with Crippen LogP contribution in [0.5, 0.6) is 0 Å². The smallest absolute Gasteiger partial charge is 0.0385 e. The average Bonchev–Trinajstić information content (AvgIpc) is 2.89. The Labute approximate surface area is 111 Å². The molecule has 0 spiro atoms. The van der Waals surface area contributed by atoms with E-state index in [1.807, 2.05) is 0 Å². The van der Waals surface area contributed by atoms with Gasteiger partial charge in [-0.15, -0.1) is 0 Å². The molecule has 1 aliphatic heterocycles. The SMILES string of the molecule is CCCCCNc1ccccc1CN1CCCC1. The van der Waals surface area contributed by atoms with Crippen molar-refractivity contribution in [2.75, 3.05) is 25.0 Å². The molecule has 0 radical (unpaired) electrons. The Morgan fingerprint density at radius 2 is 1.89 bits per heavy atom. The standard InChI is InChI=1S/C16H26N2/c1-2-3-6-11-17-16-10-5-4-9-15(16)14-18-12-7-8-13-18/h4-5,9-10,17H,2-3,6-8,11-14H2,1H3. The predicted molar refractivity (Wildman–Crippen MR) is 79.0 cm³/mol. The Balaban J connectivity index is 1.87. The summed E-state index contributed by atoms with van der Waals surface area (Å²) >= 11 is 0. The normalized spacial score (nSPS) is 16.1. The van der Waals surface area contributed by atoms with Crippen molar-refractivity contribution in [1.29, 1.82) is 0 Å². The van der Waals surface area contributed by atoms with Crippen LogP contribution < -0.4 is 5.32 Å². The van der Waals surface area contributed by atoms with E-state index in [1.165, 1.54) is 56.4 Å². The Kier molecular flexibility index (Phi) is 5.53. The molecule has 1 aliphatic rings. The van der Waals surface area contributed by atoms with Gasteiger partial charge in [0.15, 0.2) is 0 Å². The molecule has 1 aromatic rings. The van der Waals surface area contributed by atoms with Crippen LogP contribution in [-0.2, 0) is 6.54 Å². The summed E-state index contributed by atoms with van der Waals surface area (Å²) in [6, 6.07) is 8.77. The third-order valence-corrected chi connectivity index (χ3v) is 3.71. The van der Waals surface area contributed by atoms with Crippen LogP contribution in [0.15, 0.2) is 24.3 Å². The predicted octanol–water partition coefficient (Wildman–Crippen LogP) is 3.88. The molecule has 0 unspecified atom stereocenters. The largest absolute Gasteiger partial charge is 0.385 e. The molecule has 0 saturated carbocycles. The Hall–Kier alpha value is -1.02. The van der Waals surface area contributed by atoms with Gasteiger partial charge < -0.3 is 5.32 Å². The lowest BCUT2D eigenvalue weighted by atomic mass is 10.1. The molecule has 1 aromatic carbocycles. The summed E-state index contributed by atoms with van der Waals surface area (Å²) in [5.74, 6) is 0. The molecule has 2 heteroatoms. The summed E-state index contributed by atoms with van der Waals surface area (Å²) in [6.07, 6.45) is 6.62. The third-order valence-electron chi connectivity index (χ3n) is 3.71. The fraction of sp³-hybridized carbons (Fsp3) is 0.625. The van der Waals surface area contributed by atoms with Crippen molar-refractivity contribution in [1.82, 2.24) is 4.90 Å². The van der Waals surface area contributed by atoms with Crippen LogP contribution in [0.4, 0.5) is 5.69 Å². The van der Waals surface area contributed by atoms with E-state index in [0.717, 1.165) is 13.1 Å². The van der Waals surface area contributed by atoms with Gasteiger partial charge in [0.1, 0.15) is 0 Å². The lowest BCUT2D eigenvalue weighted by Gasteiger charge is -2.18. The van der Waals surface area contributed by atoms with Gasteiger partial charge in [-0.25, -0.2) is 0 Å². The molecule has 2 nitrogen and oxygen atoms in total. The minimum Gasteiger partial charge on any atom is -0.385 e. The molecule has 1 saturated heterocycles. The summed E-state index contributed by atoms with van der Waals surface area (Å²) in [6.45, 7) is 7.00. The van der Waals surface area contributed by atoms with Crippen molar-refractivity contribution in [3.8, 4) is 0 Å². The molecule has 0 aromatic heterocycles. The molecule has 1 N–H and O–H groups in total. The van der Waals surface area contributed by atoms with E-state index in [1.54, 1.807) is 0 Å². The van der Waals surface area contributed by atoms with Crippen LogP contribution in [0.3, 0.4) is 0 Å². The highest BCUT2D eigenvalue weighted by atomic mass is 15.1. The van der Waals surface area contributed by atoms with Gasteiger partial charge in [-0.05, 0) is 44.0 Å². The number of nitrogens with zero attached hydrogens (tertiary/aromatic N) is 1. The maximum Gasteiger partial charge on any atom is 0.0385 e. The molecule has 2 rings (SSSR count). The number of unbranched alkanes of at least 4 members (excludes halogenated alkanes) is 2. The van der Waals surface area contributed by atoms with Crippen molar-refractivity contribution >= 4 is 5.69 Å². The molecular weight excluding hydrogens is 220 g/mol. The Morgan fingerprint density at radius 3 is 2.67 bits per heavy atom. The molecular formula is C16H26N2. The van der Waals surface area contributed by atoms with E-state index in [-0.39, 0.29) is 0 Å². The summed E-state index contributed by atoms with van der Waals surface area (Å²) in [5.41, 5.74) is 2.79. The summed E-state index contributed by atoms with van der Waals surface area (Å²) in [4.78, 5) is 2.56. The van der Waals surface area contributed by atoms with Crippen molar-refractivity contribution in [2.24, 2.45) is 0 Å². The van der Waals surface area contributed by atoms with Crippen LogP contribution in [0.2, 0.25) is 0 Å². The topological polar surface area (TPSA) is 15.3 Å². The number of likely N-dealkylation sites (tertiary alicyclic amines) is 1. The van der Waals surface area contributed by atoms with Gasteiger partial charge >= 0.3 is 0 Å². The molecule has 1 heterocycles. The second kappa shape index (κ2) is 7.42. The van der Waals surface area contributed by atoms with Crippen molar-refractivity contribution in [3.05, 3.63) is 29.8 Å². The summed E-state index contributed by atoms with van der Waals surface area (Å²) < 4.78 is 0. The van der Waals surface area contributed by atoms with E-state index >= 15 is 0 Å². The highest BCUT2D eigenvalue weighted by Gasteiger charge is 2.13. The first-order valence-corrected chi connectivity index (χ1v) is 7.44. The minimum atomic E-state index is 1.10. The minimum absolute atomic E-state index is 1.10. The molecule has 0 aliphatic carbocycles. The number of benzene rings is 1. The summed E-state index contributed by atoms with van der Waals surface area (Å²) in [7, 11) is 0. The fourth-order valence-corrected chi connectivity index (χ4v) is 2.61. The molecule has 18 heavy (non-hydrogen) atoms. The highest BCUT2D eigenvalue weighted by molar-refractivity contribution is 5.51. The van der Waals surface area contributed by atoms with Gasteiger partial charge in [-0.3, -0.25) is 4.90 Å². The number of hydrogen-bond acceptors (Lipinski definition) is 2. The van der Waals surface area contributed by atoms with Gasteiger partial charge in [-0.1, -0.05) is 38.0 Å². The number of anilines is 1. The van der Waals surface area contributed by atoms with Crippen LogP contribution in [0, 0.1) is 0 Å². The van der Waals surface area contributed by atoms with Gasteiger partial charge in [0.2, 0.25) is 0 Å². The van der Waals surface area contributed by atoms with Gasteiger partial charge in [-0.2, -0.15) is 0 Å². The van der Waals surface area contributed by atoms with Crippen molar-refractivity contribution in [3.63, 3.8) is 0 Å². The lowest BCUT2D eigenvalue weighted by molar-refractivity contribution is 0.332. The van der Waals surface area contributed by atoms with Gasteiger partial charge in [0.25, 0.3) is 0 Å². The number of rotatable bonds is 7. The van der Waals surface area contributed by atoms with Crippen molar-refractivity contribution in [2.45, 2.75) is 45.6 Å². The Morgan fingerprint density at radius 1 is 1.11 bits per heavy atom. The molecule has 0 bridgehead atoms. The van der Waals surface area contributed by atoms with Crippen molar-refractivity contribution < 1.29 is 0 Å². The van der Waals surface area contributed by atoms with E-state index < -0.39 is 0 Å². The number of nitrogens with one attached hydrogen (secondary N) is 1. The van der Waals surface area contributed by atoms with Crippen LogP contribution >= 0.6 is 0 Å². The quantitative estimate of drug-likeness (QED) is 0.734. The van der Waals surface area contributed by atoms with E-state index in [0.29, 0.717) is 0 Å². The van der Waals surface area contributed by atoms with E-state index in [9.17, 15) is 0 Å². The maximum absolute atomic E-state index is 3.60. The van der Waals surface area contributed by atoms with E-state index in [2.05, 4.69) is 41.4 Å². The first-order valence-electron chi connectivity index (χ1n) is 7.44. The molecule has 0 atom stereocenters. The average molecular weight is 246 g/mol. The second-order valence-electron chi connectivity index (χ2n) is 5.27. The highest BCUT2D eigenvalue weighted by Crippen LogP contribution is 2.19. The number of hydrogen-bond donors (Lipinski definition) is 1. The molecule has 0 amide bonds. The monoisotopic (exact) mass is 246 g/mol. The lowest BCUT2D eigenvalue weighted by Crippen LogP contribution is -2.19. The zero-order chi connectivity index (χ0) is 12.6. The number of para-hydroxylation sites is 1. The van der Waals surface area contributed by atoms with Crippen LogP contribution in [-0.4, -0.2) is 24.5 Å². The summed E-state index contributed by atoms with van der Waals surface area (Å²) in [5, 5.41) is 3.60. The van der Waals surface area contributed by atoms with Crippen LogP contribution in [0.1, 0.15) is 44.6 Å². The second-order valence-corrected chi connectivity index (χ2v) is 5.27. The first-order chi connectivity index (χ1) is 8.90. The zero-order valence-electron chi connectivity index (χ0n) is 11.6. The van der Waals surface area contributed by atoms with Gasteiger partial charge in [0, 0.05) is 18.8 Å². The molecule has 100 valence electrons. The maximum atomic E-state index is 3.60.